The van der Waals surface area contributed by atoms with Crippen LogP contribution in [0.15, 0.2) is 6.20 Å². The van der Waals surface area contributed by atoms with Crippen molar-refractivity contribution in [2.24, 2.45) is 5.92 Å². The summed E-state index contributed by atoms with van der Waals surface area (Å²) in [5.74, 6) is 1.57. The molecule has 1 aromatic rings. The minimum atomic E-state index is 0.177. The number of amides is 1. The third-order valence-electron chi connectivity index (χ3n) is 4.01. The molecule has 0 atom stereocenters. The Labute approximate surface area is 127 Å². The molecule has 1 saturated carbocycles. The predicted octanol–water partition coefficient (Wildman–Crippen LogP) is 2.59. The normalized spacial score (nSPS) is 15.7. The molecule has 0 unspecified atom stereocenters. The summed E-state index contributed by atoms with van der Waals surface area (Å²) in [4.78, 5) is 20.5. The van der Waals surface area contributed by atoms with Crippen molar-refractivity contribution in [3.63, 3.8) is 0 Å². The number of carbonyl (C=O) groups excluding carboxylic acids is 1. The van der Waals surface area contributed by atoms with E-state index in [0.717, 1.165) is 17.2 Å². The van der Waals surface area contributed by atoms with E-state index in [4.69, 9.17) is 0 Å². The van der Waals surface area contributed by atoms with Gasteiger partial charge in [-0.1, -0.05) is 19.3 Å². The average Bonchev–Trinajstić information content (AvgIpc) is 2.48. The van der Waals surface area contributed by atoms with Crippen LogP contribution in [0.5, 0.6) is 0 Å². The van der Waals surface area contributed by atoms with Crippen LogP contribution in [0.1, 0.15) is 49.9 Å². The molecule has 1 aromatic heterocycles. The van der Waals surface area contributed by atoms with Crippen LogP contribution in [0, 0.1) is 19.8 Å². The van der Waals surface area contributed by atoms with Gasteiger partial charge in [0.15, 0.2) is 0 Å². The lowest BCUT2D eigenvalue weighted by atomic mass is 9.87. The van der Waals surface area contributed by atoms with E-state index in [1.807, 2.05) is 13.8 Å². The highest BCUT2D eigenvalue weighted by atomic mass is 16.1. The number of nitrogens with one attached hydrogen (secondary N) is 2. The van der Waals surface area contributed by atoms with Crippen molar-refractivity contribution in [3.8, 4) is 0 Å². The van der Waals surface area contributed by atoms with Crippen molar-refractivity contribution >= 4 is 11.7 Å². The zero-order valence-corrected chi connectivity index (χ0v) is 13.1. The van der Waals surface area contributed by atoms with E-state index in [2.05, 4.69) is 20.6 Å². The van der Waals surface area contributed by atoms with Crippen LogP contribution in [0.4, 0.5) is 5.82 Å². The summed E-state index contributed by atoms with van der Waals surface area (Å²) >= 11 is 0. The Hall–Kier alpha value is -1.65. The molecule has 1 aliphatic rings. The van der Waals surface area contributed by atoms with Crippen LogP contribution in [0.2, 0.25) is 0 Å². The molecule has 1 aliphatic carbocycles. The summed E-state index contributed by atoms with van der Waals surface area (Å²) in [5, 5.41) is 6.21. The van der Waals surface area contributed by atoms with Gasteiger partial charge in [-0.15, -0.1) is 0 Å². The van der Waals surface area contributed by atoms with Gasteiger partial charge in [0.25, 0.3) is 0 Å². The second-order valence-corrected chi connectivity index (χ2v) is 5.93. The monoisotopic (exact) mass is 290 g/mol. The molecule has 0 bridgehead atoms. The van der Waals surface area contributed by atoms with Crippen molar-refractivity contribution in [1.29, 1.82) is 0 Å². The number of carbonyl (C=O) groups is 1. The zero-order valence-electron chi connectivity index (χ0n) is 13.1. The van der Waals surface area contributed by atoms with Crippen LogP contribution in [-0.4, -0.2) is 29.0 Å². The molecule has 0 aliphatic heterocycles. The Morgan fingerprint density at radius 3 is 2.76 bits per heavy atom. The number of anilines is 1. The smallest absolute Gasteiger partial charge is 0.220 e. The van der Waals surface area contributed by atoms with Gasteiger partial charge < -0.3 is 10.6 Å². The Balaban J connectivity index is 1.64. The minimum absolute atomic E-state index is 0.177. The number of aryl methyl sites for hydroxylation is 2. The van der Waals surface area contributed by atoms with E-state index in [-0.39, 0.29) is 5.91 Å². The molecular formula is C16H26N4O. The second-order valence-electron chi connectivity index (χ2n) is 5.93. The molecule has 5 heteroatoms. The van der Waals surface area contributed by atoms with E-state index < -0.39 is 0 Å². The lowest BCUT2D eigenvalue weighted by Gasteiger charge is -2.20. The number of hydrogen-bond donors (Lipinski definition) is 2. The fourth-order valence-corrected chi connectivity index (χ4v) is 2.81. The van der Waals surface area contributed by atoms with Gasteiger partial charge in [-0.05, 0) is 32.6 Å². The van der Waals surface area contributed by atoms with Crippen molar-refractivity contribution in [1.82, 2.24) is 15.3 Å². The molecule has 1 amide bonds. The second kappa shape index (κ2) is 7.96. The predicted molar refractivity (Wildman–Crippen MR) is 84.2 cm³/mol. The van der Waals surface area contributed by atoms with Gasteiger partial charge in [0.1, 0.15) is 5.82 Å². The highest BCUT2D eigenvalue weighted by Crippen LogP contribution is 2.25. The number of aromatic nitrogens is 2. The maximum absolute atomic E-state index is 11.9. The molecule has 2 N–H and O–H groups in total. The van der Waals surface area contributed by atoms with E-state index in [1.54, 1.807) is 6.20 Å². The SMILES string of the molecule is Cc1cnc(C)c(NCCNC(=O)CC2CCCCC2)n1. The molecule has 1 heterocycles. The molecule has 5 nitrogen and oxygen atoms in total. The van der Waals surface area contributed by atoms with E-state index in [9.17, 15) is 4.79 Å². The Kier molecular flexibility index (Phi) is 5.96. The average molecular weight is 290 g/mol. The van der Waals surface area contributed by atoms with E-state index in [1.165, 1.54) is 32.1 Å². The van der Waals surface area contributed by atoms with Crippen LogP contribution < -0.4 is 10.6 Å². The maximum atomic E-state index is 11.9. The molecule has 116 valence electrons. The maximum Gasteiger partial charge on any atom is 0.220 e. The van der Waals surface area contributed by atoms with Crippen LogP contribution >= 0.6 is 0 Å². The molecule has 0 radical (unpaired) electrons. The van der Waals surface area contributed by atoms with E-state index >= 15 is 0 Å². The van der Waals surface area contributed by atoms with Crippen molar-refractivity contribution < 1.29 is 4.79 Å². The highest BCUT2D eigenvalue weighted by Gasteiger charge is 2.16. The van der Waals surface area contributed by atoms with E-state index in [0.29, 0.717) is 25.4 Å². The first-order valence-electron chi connectivity index (χ1n) is 7.96. The lowest BCUT2D eigenvalue weighted by Crippen LogP contribution is -2.30. The lowest BCUT2D eigenvalue weighted by molar-refractivity contribution is -0.122. The van der Waals surface area contributed by atoms with Crippen molar-refractivity contribution in [2.75, 3.05) is 18.4 Å². The third-order valence-corrected chi connectivity index (χ3v) is 4.01. The third kappa shape index (κ3) is 5.33. The van der Waals surface area contributed by atoms with Crippen molar-refractivity contribution in [3.05, 3.63) is 17.6 Å². The number of rotatable bonds is 6. The summed E-state index contributed by atoms with van der Waals surface area (Å²) in [7, 11) is 0. The Bertz CT molecular complexity index is 469. The topological polar surface area (TPSA) is 66.9 Å². The van der Waals surface area contributed by atoms with Crippen LogP contribution in [-0.2, 0) is 4.79 Å². The van der Waals surface area contributed by atoms with Gasteiger partial charge in [-0.25, -0.2) is 4.98 Å². The summed E-state index contributed by atoms with van der Waals surface area (Å²) in [5.41, 5.74) is 1.78. The van der Waals surface area contributed by atoms with Gasteiger partial charge in [0.05, 0.1) is 11.4 Å². The Morgan fingerprint density at radius 1 is 1.24 bits per heavy atom. The van der Waals surface area contributed by atoms with Gasteiger partial charge in [-0.2, -0.15) is 0 Å². The standard InChI is InChI=1S/C16H26N4O/c1-12-11-19-13(2)16(20-12)18-9-8-17-15(21)10-14-6-4-3-5-7-14/h11,14H,3-10H2,1-2H3,(H,17,21)(H,18,20). The minimum Gasteiger partial charge on any atom is -0.367 e. The number of hydrogen-bond acceptors (Lipinski definition) is 4. The first-order valence-corrected chi connectivity index (χ1v) is 7.96. The van der Waals surface area contributed by atoms with Gasteiger partial charge in [0.2, 0.25) is 5.91 Å². The van der Waals surface area contributed by atoms with Gasteiger partial charge in [0, 0.05) is 25.7 Å². The summed E-state index contributed by atoms with van der Waals surface area (Å²) < 4.78 is 0. The van der Waals surface area contributed by atoms with Crippen LogP contribution in [0.3, 0.4) is 0 Å². The molecule has 0 saturated heterocycles. The first kappa shape index (κ1) is 15.7. The molecular weight excluding hydrogens is 264 g/mol. The Morgan fingerprint density at radius 2 is 2.00 bits per heavy atom. The highest BCUT2D eigenvalue weighted by molar-refractivity contribution is 5.76. The summed E-state index contributed by atoms with van der Waals surface area (Å²) in [6, 6.07) is 0. The first-order chi connectivity index (χ1) is 10.1. The van der Waals surface area contributed by atoms with Gasteiger partial charge in [-0.3, -0.25) is 9.78 Å². The molecule has 0 spiro atoms. The molecule has 0 aromatic carbocycles. The van der Waals surface area contributed by atoms with Gasteiger partial charge >= 0.3 is 0 Å². The molecule has 21 heavy (non-hydrogen) atoms. The quantitative estimate of drug-likeness (QED) is 0.790. The fourth-order valence-electron chi connectivity index (χ4n) is 2.81. The van der Waals surface area contributed by atoms with Crippen LogP contribution in [0.25, 0.3) is 0 Å². The summed E-state index contributed by atoms with van der Waals surface area (Å²) in [6.45, 7) is 5.15. The largest absolute Gasteiger partial charge is 0.367 e. The fraction of sp³-hybridized carbons (Fsp3) is 0.688. The molecule has 2 rings (SSSR count). The number of nitrogens with zero attached hydrogens (tertiary/aromatic N) is 2. The zero-order chi connectivity index (χ0) is 15.1. The van der Waals surface area contributed by atoms with Crippen molar-refractivity contribution in [2.45, 2.75) is 52.4 Å². The summed E-state index contributed by atoms with van der Waals surface area (Å²) in [6.07, 6.45) is 8.76. The molecule has 1 fully saturated rings.